The van der Waals surface area contributed by atoms with Crippen LogP contribution in [0, 0.1) is 0 Å². The van der Waals surface area contributed by atoms with E-state index in [1.165, 1.54) is 18.2 Å². The first kappa shape index (κ1) is 21.0. The number of nitrogens with one attached hydrogen (secondary N) is 1. The average molecular weight is 468 g/mol. The molecule has 7 nitrogen and oxygen atoms in total. The number of para-hydroxylation sites is 1. The predicted octanol–water partition coefficient (Wildman–Crippen LogP) is 4.79. The number of nitrogens with zero attached hydrogens (tertiary/aromatic N) is 5. The highest BCUT2D eigenvalue weighted by Crippen LogP contribution is 2.34. The van der Waals surface area contributed by atoms with Crippen molar-refractivity contribution in [2.75, 3.05) is 11.1 Å². The zero-order chi connectivity index (χ0) is 23.0. The summed E-state index contributed by atoms with van der Waals surface area (Å²) in [5.74, 6) is -0.711. The van der Waals surface area contributed by atoms with Crippen molar-refractivity contribution in [3.63, 3.8) is 0 Å². The lowest BCUT2D eigenvalue weighted by Crippen LogP contribution is -2.18. The van der Waals surface area contributed by atoms with Crippen LogP contribution in [-0.4, -0.2) is 35.9 Å². The van der Waals surface area contributed by atoms with Gasteiger partial charge in [0.1, 0.15) is 5.52 Å². The zero-order valence-corrected chi connectivity index (χ0v) is 17.6. The topological polar surface area (TPSA) is 76.6 Å². The molecule has 0 aliphatic heterocycles. The number of benzene rings is 2. The number of carbonyl (C=O) groups excluding carboxylic acids is 1. The van der Waals surface area contributed by atoms with Gasteiger partial charge in [-0.05, 0) is 18.2 Å². The molecule has 0 fully saturated rings. The summed E-state index contributed by atoms with van der Waals surface area (Å²) in [5.41, 5.74) is 1.86. The summed E-state index contributed by atoms with van der Waals surface area (Å²) >= 11 is 1.08. The maximum atomic E-state index is 13.1. The Balaban J connectivity index is 1.35. The SMILES string of the molecule is O=C(CSc1nnc2c3cc(-c4ccccc4)nn3ccn12)Nc1ccccc1C(F)(F)F. The number of alkyl halides is 3. The van der Waals surface area contributed by atoms with Gasteiger partial charge < -0.3 is 5.32 Å². The van der Waals surface area contributed by atoms with Crippen LogP contribution < -0.4 is 5.32 Å². The lowest BCUT2D eigenvalue weighted by Gasteiger charge is -2.13. The molecule has 1 N–H and O–H groups in total. The summed E-state index contributed by atoms with van der Waals surface area (Å²) in [7, 11) is 0. The minimum atomic E-state index is -4.56. The molecule has 0 unspecified atom stereocenters. The zero-order valence-electron chi connectivity index (χ0n) is 16.8. The largest absolute Gasteiger partial charge is 0.418 e. The molecule has 0 atom stereocenters. The first-order valence-electron chi connectivity index (χ1n) is 9.77. The maximum absolute atomic E-state index is 13.1. The van der Waals surface area contributed by atoms with Gasteiger partial charge in [-0.15, -0.1) is 10.2 Å². The molecular formula is C22H15F3N6OS. The highest BCUT2D eigenvalue weighted by Gasteiger charge is 2.33. The van der Waals surface area contributed by atoms with Gasteiger partial charge in [-0.25, -0.2) is 4.52 Å². The van der Waals surface area contributed by atoms with Crippen LogP contribution >= 0.6 is 11.8 Å². The van der Waals surface area contributed by atoms with Crippen LogP contribution in [0.25, 0.3) is 22.4 Å². The van der Waals surface area contributed by atoms with E-state index in [0.29, 0.717) is 10.8 Å². The molecule has 166 valence electrons. The number of halogens is 3. The predicted molar refractivity (Wildman–Crippen MR) is 118 cm³/mol. The molecule has 2 aromatic carbocycles. The average Bonchev–Trinajstić information content (AvgIpc) is 3.42. The third kappa shape index (κ3) is 4.14. The minimum Gasteiger partial charge on any atom is -0.325 e. The molecule has 0 saturated carbocycles. The summed E-state index contributed by atoms with van der Waals surface area (Å²) < 4.78 is 42.8. The van der Waals surface area contributed by atoms with Gasteiger partial charge in [0.05, 0.1) is 22.7 Å². The quantitative estimate of drug-likeness (QED) is 0.375. The van der Waals surface area contributed by atoms with Gasteiger partial charge in [-0.1, -0.05) is 54.2 Å². The standard InChI is InChI=1S/C22H15F3N6OS/c23-22(24,25)15-8-4-5-9-16(15)26-19(32)13-33-21-28-27-20-18-12-17(14-6-2-1-3-7-14)29-31(18)11-10-30(20)21/h1-12H,13H2,(H,26,32). The third-order valence-electron chi connectivity index (χ3n) is 4.89. The molecule has 1 amide bonds. The molecule has 11 heteroatoms. The Labute approximate surface area is 189 Å². The summed E-state index contributed by atoms with van der Waals surface area (Å²) in [6, 6.07) is 16.5. The lowest BCUT2D eigenvalue weighted by molar-refractivity contribution is -0.137. The molecule has 5 aromatic rings. The molecule has 3 aromatic heterocycles. The number of amides is 1. The number of fused-ring (bicyclic) bond motifs is 3. The van der Waals surface area contributed by atoms with Crippen LogP contribution in [0.3, 0.4) is 0 Å². The Morgan fingerprint density at radius 1 is 1.00 bits per heavy atom. The van der Waals surface area contributed by atoms with Crippen molar-refractivity contribution in [1.29, 1.82) is 0 Å². The highest BCUT2D eigenvalue weighted by atomic mass is 32.2. The Morgan fingerprint density at radius 2 is 1.76 bits per heavy atom. The molecule has 3 heterocycles. The van der Waals surface area contributed by atoms with Gasteiger partial charge in [0.25, 0.3) is 0 Å². The summed E-state index contributed by atoms with van der Waals surface area (Å²) in [6.45, 7) is 0. The first-order chi connectivity index (χ1) is 15.9. The fourth-order valence-corrected chi connectivity index (χ4v) is 4.11. The fraction of sp³-hybridized carbons (Fsp3) is 0.0909. The van der Waals surface area contributed by atoms with E-state index in [-0.39, 0.29) is 11.4 Å². The van der Waals surface area contributed by atoms with Crippen molar-refractivity contribution < 1.29 is 18.0 Å². The van der Waals surface area contributed by atoms with E-state index in [9.17, 15) is 18.0 Å². The van der Waals surface area contributed by atoms with Crippen LogP contribution in [0.1, 0.15) is 5.56 Å². The van der Waals surface area contributed by atoms with Crippen molar-refractivity contribution in [3.8, 4) is 11.3 Å². The Hall–Kier alpha value is -3.86. The number of hydrogen-bond acceptors (Lipinski definition) is 5. The number of anilines is 1. The summed E-state index contributed by atoms with van der Waals surface area (Å²) in [5, 5.41) is 15.7. The van der Waals surface area contributed by atoms with Crippen molar-refractivity contribution in [2.45, 2.75) is 11.3 Å². The second kappa shape index (κ2) is 8.24. The Kier molecular flexibility index (Phi) is 5.25. The summed E-state index contributed by atoms with van der Waals surface area (Å²) in [6.07, 6.45) is -1.08. The van der Waals surface area contributed by atoms with Crippen LogP contribution in [0.5, 0.6) is 0 Å². The number of hydrogen-bond donors (Lipinski definition) is 1. The van der Waals surface area contributed by atoms with Crippen molar-refractivity contribution >= 4 is 34.5 Å². The first-order valence-corrected chi connectivity index (χ1v) is 10.8. The molecule has 0 saturated heterocycles. The molecule has 0 aliphatic rings. The van der Waals surface area contributed by atoms with Crippen LogP contribution in [0.15, 0.2) is 78.2 Å². The monoisotopic (exact) mass is 468 g/mol. The lowest BCUT2D eigenvalue weighted by atomic mass is 10.1. The van der Waals surface area contributed by atoms with Crippen LogP contribution in [-0.2, 0) is 11.0 Å². The van der Waals surface area contributed by atoms with Crippen LogP contribution in [0.4, 0.5) is 18.9 Å². The van der Waals surface area contributed by atoms with Crippen molar-refractivity contribution in [3.05, 3.63) is 78.6 Å². The molecule has 5 rings (SSSR count). The number of carbonyl (C=O) groups is 1. The van der Waals surface area contributed by atoms with E-state index in [2.05, 4.69) is 20.6 Å². The molecule has 33 heavy (non-hydrogen) atoms. The Morgan fingerprint density at radius 3 is 2.55 bits per heavy atom. The van der Waals surface area contributed by atoms with Gasteiger partial charge in [0, 0.05) is 18.0 Å². The van der Waals surface area contributed by atoms with Crippen LogP contribution in [0.2, 0.25) is 0 Å². The third-order valence-corrected chi connectivity index (χ3v) is 5.84. The summed E-state index contributed by atoms with van der Waals surface area (Å²) in [4.78, 5) is 12.3. The van der Waals surface area contributed by atoms with E-state index >= 15 is 0 Å². The van der Waals surface area contributed by atoms with Gasteiger partial charge in [-0.2, -0.15) is 18.3 Å². The van der Waals surface area contributed by atoms with Gasteiger partial charge in [0.2, 0.25) is 5.91 Å². The molecular weight excluding hydrogens is 453 g/mol. The van der Waals surface area contributed by atoms with E-state index < -0.39 is 17.6 Å². The fourth-order valence-electron chi connectivity index (χ4n) is 3.40. The molecule has 0 aliphatic carbocycles. The van der Waals surface area contributed by atoms with Gasteiger partial charge in [-0.3, -0.25) is 9.20 Å². The second-order valence-corrected chi connectivity index (χ2v) is 8.02. The van der Waals surface area contributed by atoms with E-state index in [0.717, 1.165) is 34.6 Å². The molecule has 0 radical (unpaired) electrons. The van der Waals surface area contributed by atoms with E-state index in [4.69, 9.17) is 0 Å². The van der Waals surface area contributed by atoms with Crippen molar-refractivity contribution in [2.24, 2.45) is 0 Å². The highest BCUT2D eigenvalue weighted by molar-refractivity contribution is 7.99. The smallest absolute Gasteiger partial charge is 0.325 e. The maximum Gasteiger partial charge on any atom is 0.418 e. The molecule has 0 spiro atoms. The van der Waals surface area contributed by atoms with Gasteiger partial charge >= 0.3 is 6.18 Å². The number of aromatic nitrogens is 5. The van der Waals surface area contributed by atoms with Crippen molar-refractivity contribution in [1.82, 2.24) is 24.2 Å². The van der Waals surface area contributed by atoms with Gasteiger partial charge in [0.15, 0.2) is 10.8 Å². The minimum absolute atomic E-state index is 0.132. The van der Waals surface area contributed by atoms with E-state index in [1.807, 2.05) is 36.4 Å². The number of thioether (sulfide) groups is 1. The molecule has 0 bridgehead atoms. The Bertz CT molecular complexity index is 1460. The normalized spacial score (nSPS) is 11.8. The van der Waals surface area contributed by atoms with E-state index in [1.54, 1.807) is 21.3 Å². The second-order valence-electron chi connectivity index (χ2n) is 7.08. The number of rotatable bonds is 5.